The molecule has 2 heteroatoms. The van der Waals surface area contributed by atoms with Crippen LogP contribution in [0.5, 0.6) is 0 Å². The molecule has 0 aromatic heterocycles. The van der Waals surface area contributed by atoms with E-state index in [4.69, 9.17) is 0 Å². The molecule has 0 heterocycles. The Labute approximate surface area is 250 Å². The number of rotatable bonds is 17. The lowest BCUT2D eigenvalue weighted by Crippen LogP contribution is -2.25. The first kappa shape index (κ1) is 32.3. The fourth-order valence-corrected chi connectivity index (χ4v) is 5.17. The summed E-state index contributed by atoms with van der Waals surface area (Å²) in [5.74, 6) is 0.585. The topological polar surface area (TPSA) is 15.3 Å². The molecule has 4 aromatic carbocycles. The molecular weight excluding hydrogens is 496 g/mol. The fraction of sp³-hybridized carbons (Fsp3) is 0.385. The number of benzene rings is 4. The van der Waals surface area contributed by atoms with E-state index in [9.17, 15) is 0 Å². The minimum atomic E-state index is 0.585. The molecule has 0 aliphatic heterocycles. The van der Waals surface area contributed by atoms with E-state index in [0.29, 0.717) is 5.92 Å². The van der Waals surface area contributed by atoms with Crippen LogP contribution < -0.4 is 5.32 Å². The Bertz CT molecular complexity index is 1080. The third kappa shape index (κ3) is 14.8. The van der Waals surface area contributed by atoms with Gasteiger partial charge in [0.15, 0.2) is 0 Å². The highest BCUT2D eigenvalue weighted by Gasteiger charge is 2.08. The summed E-state index contributed by atoms with van der Waals surface area (Å²) in [4.78, 5) is 2.42. The largest absolute Gasteiger partial charge is 0.316 e. The van der Waals surface area contributed by atoms with E-state index in [2.05, 4.69) is 146 Å². The monoisotopic (exact) mass is 548 g/mol. The zero-order valence-electron chi connectivity index (χ0n) is 25.6. The molecule has 0 saturated carbocycles. The van der Waals surface area contributed by atoms with Crippen molar-refractivity contribution in [1.29, 1.82) is 0 Å². The Hall–Kier alpha value is -3.20. The van der Waals surface area contributed by atoms with Crippen LogP contribution in [0.4, 0.5) is 0 Å². The first-order valence-electron chi connectivity index (χ1n) is 15.8. The molecular formula is C39H52N2. The summed E-state index contributed by atoms with van der Waals surface area (Å²) in [5, 5.41) is 3.55. The van der Waals surface area contributed by atoms with E-state index in [1.165, 1.54) is 60.8 Å². The van der Waals surface area contributed by atoms with Gasteiger partial charge in [0.1, 0.15) is 0 Å². The third-order valence-electron chi connectivity index (χ3n) is 7.67. The lowest BCUT2D eigenvalue weighted by atomic mass is 10.0. The van der Waals surface area contributed by atoms with Crippen molar-refractivity contribution in [1.82, 2.24) is 10.2 Å². The lowest BCUT2D eigenvalue weighted by molar-refractivity contribution is 0.321. The van der Waals surface area contributed by atoms with Crippen LogP contribution in [0.2, 0.25) is 0 Å². The van der Waals surface area contributed by atoms with Crippen molar-refractivity contribution in [3.8, 4) is 0 Å². The number of hydrogen-bond donors (Lipinski definition) is 1. The molecule has 0 aliphatic rings. The SMILES string of the molecule is CC(CN(C)CCc1ccccc1)c1ccccc1.c1ccc(CCCCCCCNCCc2ccccc2)cc1. The molecule has 0 amide bonds. The Morgan fingerprint density at radius 2 is 0.976 bits per heavy atom. The van der Waals surface area contributed by atoms with Crippen LogP contribution in [0.3, 0.4) is 0 Å². The molecule has 0 saturated heterocycles. The van der Waals surface area contributed by atoms with Gasteiger partial charge in [0, 0.05) is 13.1 Å². The van der Waals surface area contributed by atoms with Gasteiger partial charge >= 0.3 is 0 Å². The van der Waals surface area contributed by atoms with Gasteiger partial charge in [-0.3, -0.25) is 0 Å². The summed E-state index contributed by atoms with van der Waals surface area (Å²) >= 11 is 0. The number of nitrogens with one attached hydrogen (secondary N) is 1. The van der Waals surface area contributed by atoms with E-state index >= 15 is 0 Å². The summed E-state index contributed by atoms with van der Waals surface area (Å²) in [6.45, 7) is 6.77. The molecule has 1 unspecified atom stereocenters. The van der Waals surface area contributed by atoms with Crippen LogP contribution in [0.1, 0.15) is 67.2 Å². The predicted molar refractivity (Wildman–Crippen MR) is 179 cm³/mol. The third-order valence-corrected chi connectivity index (χ3v) is 7.67. The van der Waals surface area contributed by atoms with Crippen molar-refractivity contribution in [2.75, 3.05) is 33.2 Å². The van der Waals surface area contributed by atoms with Gasteiger partial charge < -0.3 is 10.2 Å². The van der Waals surface area contributed by atoms with E-state index in [1.54, 1.807) is 0 Å². The molecule has 0 spiro atoms. The zero-order chi connectivity index (χ0) is 28.8. The first-order chi connectivity index (χ1) is 20.2. The van der Waals surface area contributed by atoms with Crippen LogP contribution in [0.25, 0.3) is 0 Å². The van der Waals surface area contributed by atoms with E-state index in [1.807, 2.05) is 0 Å². The van der Waals surface area contributed by atoms with Gasteiger partial charge in [0.2, 0.25) is 0 Å². The molecule has 0 radical (unpaired) electrons. The molecule has 41 heavy (non-hydrogen) atoms. The minimum Gasteiger partial charge on any atom is -0.316 e. The second-order valence-corrected chi connectivity index (χ2v) is 11.3. The molecule has 1 atom stereocenters. The number of nitrogens with zero attached hydrogens (tertiary/aromatic N) is 1. The molecule has 0 fully saturated rings. The molecule has 0 bridgehead atoms. The van der Waals surface area contributed by atoms with Gasteiger partial charge in [-0.15, -0.1) is 0 Å². The van der Waals surface area contributed by atoms with Gasteiger partial charge in [0.05, 0.1) is 0 Å². The summed E-state index contributed by atoms with van der Waals surface area (Å²) in [6, 6.07) is 43.0. The van der Waals surface area contributed by atoms with Crippen molar-refractivity contribution < 1.29 is 0 Å². The molecule has 218 valence electrons. The Balaban J connectivity index is 0.000000228. The lowest BCUT2D eigenvalue weighted by Gasteiger charge is -2.21. The maximum atomic E-state index is 3.55. The Kier molecular flexibility index (Phi) is 16.3. The van der Waals surface area contributed by atoms with Gasteiger partial charge in [-0.1, -0.05) is 148 Å². The van der Waals surface area contributed by atoms with Crippen LogP contribution in [-0.4, -0.2) is 38.1 Å². The van der Waals surface area contributed by atoms with Crippen LogP contribution in [-0.2, 0) is 19.3 Å². The van der Waals surface area contributed by atoms with Crippen molar-refractivity contribution in [2.24, 2.45) is 0 Å². The van der Waals surface area contributed by atoms with Gasteiger partial charge in [-0.2, -0.15) is 0 Å². The quantitative estimate of drug-likeness (QED) is 0.132. The van der Waals surface area contributed by atoms with Crippen molar-refractivity contribution in [3.63, 3.8) is 0 Å². The van der Waals surface area contributed by atoms with Crippen LogP contribution in [0.15, 0.2) is 121 Å². The zero-order valence-corrected chi connectivity index (χ0v) is 25.6. The Morgan fingerprint density at radius 3 is 1.56 bits per heavy atom. The van der Waals surface area contributed by atoms with Crippen molar-refractivity contribution in [2.45, 2.75) is 64.2 Å². The number of hydrogen-bond acceptors (Lipinski definition) is 2. The van der Waals surface area contributed by atoms with E-state index in [0.717, 1.165) is 39.0 Å². The van der Waals surface area contributed by atoms with Crippen molar-refractivity contribution in [3.05, 3.63) is 144 Å². The van der Waals surface area contributed by atoms with Crippen LogP contribution in [0, 0.1) is 0 Å². The van der Waals surface area contributed by atoms with E-state index in [-0.39, 0.29) is 0 Å². The fourth-order valence-electron chi connectivity index (χ4n) is 5.17. The predicted octanol–water partition coefficient (Wildman–Crippen LogP) is 8.98. The normalized spacial score (nSPS) is 11.6. The maximum Gasteiger partial charge on any atom is 0.00447 e. The van der Waals surface area contributed by atoms with Gasteiger partial charge in [0.25, 0.3) is 0 Å². The van der Waals surface area contributed by atoms with E-state index < -0.39 is 0 Å². The second kappa shape index (κ2) is 20.6. The summed E-state index contributed by atoms with van der Waals surface area (Å²) in [6.07, 6.45) is 10.2. The highest BCUT2D eigenvalue weighted by Crippen LogP contribution is 2.15. The molecule has 2 nitrogen and oxygen atoms in total. The smallest absolute Gasteiger partial charge is 0.00447 e. The molecule has 1 N–H and O–H groups in total. The highest BCUT2D eigenvalue weighted by atomic mass is 15.1. The first-order valence-corrected chi connectivity index (χ1v) is 15.8. The number of aryl methyl sites for hydroxylation is 1. The number of unbranched alkanes of at least 4 members (excludes halogenated alkanes) is 4. The standard InChI is InChI=1S/C21H29N.C18H23N/c1(2-6-12-20-13-7-4-8-14-20)3-11-18-22-19-17-21-15-9-5-10-16-21;1-16(18-11-7-4-8-12-18)15-19(2)14-13-17-9-5-3-6-10-17/h4-5,7-10,13-16,22H,1-3,6,11-12,17-19H2;3-12,16H,13-15H2,1-2H3. The second-order valence-electron chi connectivity index (χ2n) is 11.3. The molecule has 4 rings (SSSR count). The molecule has 0 aliphatic carbocycles. The highest BCUT2D eigenvalue weighted by molar-refractivity contribution is 5.19. The maximum absolute atomic E-state index is 3.55. The summed E-state index contributed by atoms with van der Waals surface area (Å²) < 4.78 is 0. The van der Waals surface area contributed by atoms with Crippen molar-refractivity contribution >= 4 is 0 Å². The molecule has 4 aromatic rings. The number of likely N-dealkylation sites (N-methyl/N-ethyl adjacent to an activating group) is 1. The van der Waals surface area contributed by atoms with Gasteiger partial charge in [-0.05, 0) is 80.4 Å². The average molecular weight is 549 g/mol. The minimum absolute atomic E-state index is 0.585. The average Bonchev–Trinajstić information content (AvgIpc) is 3.03. The van der Waals surface area contributed by atoms with Gasteiger partial charge in [-0.25, -0.2) is 0 Å². The summed E-state index contributed by atoms with van der Waals surface area (Å²) in [5.41, 5.74) is 5.75. The Morgan fingerprint density at radius 1 is 0.512 bits per heavy atom. The summed E-state index contributed by atoms with van der Waals surface area (Å²) in [7, 11) is 2.21. The van der Waals surface area contributed by atoms with Crippen LogP contribution >= 0.6 is 0 Å².